The average molecular weight is 326 g/mol. The number of pyridine rings is 1. The topological polar surface area (TPSA) is 58.8 Å². The number of halogens is 1. The van der Waals surface area contributed by atoms with E-state index in [2.05, 4.69) is 28.9 Å². The van der Waals surface area contributed by atoms with Crippen molar-refractivity contribution in [3.05, 3.63) is 39.6 Å². The van der Waals surface area contributed by atoms with Crippen LogP contribution in [0.25, 0.3) is 5.52 Å². The first-order valence-electron chi connectivity index (χ1n) is 5.85. The Bertz CT molecular complexity index is 617. The highest BCUT2D eigenvalue weighted by Crippen LogP contribution is 2.23. The van der Waals surface area contributed by atoms with Crippen molar-refractivity contribution in [2.24, 2.45) is 0 Å². The van der Waals surface area contributed by atoms with Crippen molar-refractivity contribution in [2.45, 2.75) is 27.2 Å². The second-order valence-electron chi connectivity index (χ2n) is 4.11. The number of hydrogen-bond donors (Lipinski definition) is 1. The highest BCUT2D eigenvalue weighted by Gasteiger charge is 2.13. The first kappa shape index (κ1) is 15.4. The number of ketones is 1. The molecule has 19 heavy (non-hydrogen) atoms. The second-order valence-corrected chi connectivity index (χ2v) is 5.03. The third-order valence-corrected chi connectivity index (χ3v) is 3.36. The van der Waals surface area contributed by atoms with Crippen LogP contribution in [0.2, 0.25) is 0 Å². The molecule has 0 aliphatic carbocycles. The lowest BCUT2D eigenvalue weighted by Crippen LogP contribution is -2.07. The zero-order valence-corrected chi connectivity index (χ0v) is 12.7. The summed E-state index contributed by atoms with van der Waals surface area (Å²) in [5.41, 5.74) is 4.19. The molecular weight excluding hydrogens is 310 g/mol. The van der Waals surface area contributed by atoms with E-state index in [1.165, 1.54) is 5.56 Å². The van der Waals surface area contributed by atoms with Crippen LogP contribution in [-0.4, -0.2) is 21.8 Å². The van der Waals surface area contributed by atoms with E-state index in [1.54, 1.807) is 6.92 Å². The fraction of sp³-hybridized carbons (Fsp3) is 0.286. The van der Waals surface area contributed by atoms with Gasteiger partial charge in [0.05, 0.1) is 5.69 Å². The predicted molar refractivity (Wildman–Crippen MR) is 77.9 cm³/mol. The number of carbonyl (C=O) groups is 2. The normalized spacial score (nSPS) is 9.89. The van der Waals surface area contributed by atoms with Gasteiger partial charge in [0.15, 0.2) is 5.78 Å². The number of hydrogen-bond acceptors (Lipinski definition) is 2. The van der Waals surface area contributed by atoms with Gasteiger partial charge in [0.1, 0.15) is 0 Å². The third kappa shape index (κ3) is 3.23. The lowest BCUT2D eigenvalue weighted by atomic mass is 10.0. The van der Waals surface area contributed by atoms with Crippen molar-refractivity contribution in [1.82, 2.24) is 4.40 Å². The highest BCUT2D eigenvalue weighted by molar-refractivity contribution is 9.10. The summed E-state index contributed by atoms with van der Waals surface area (Å²) in [6.45, 7) is 5.50. The zero-order valence-electron chi connectivity index (χ0n) is 11.1. The number of rotatable bonds is 2. The van der Waals surface area contributed by atoms with Crippen LogP contribution >= 0.6 is 15.9 Å². The van der Waals surface area contributed by atoms with Crippen molar-refractivity contribution in [3.63, 3.8) is 0 Å². The number of aryl methyl sites for hydroxylation is 1. The van der Waals surface area contributed by atoms with Gasteiger partial charge in [-0.05, 0) is 52.5 Å². The summed E-state index contributed by atoms with van der Waals surface area (Å²) in [7, 11) is 0. The Morgan fingerprint density at radius 2 is 2.05 bits per heavy atom. The molecule has 0 fully saturated rings. The predicted octanol–water partition coefficient (Wildman–Crippen LogP) is 3.48. The number of carboxylic acid groups (broad SMARTS) is 1. The van der Waals surface area contributed by atoms with E-state index < -0.39 is 0 Å². The Hall–Kier alpha value is -1.62. The molecule has 0 atom stereocenters. The molecule has 0 saturated heterocycles. The van der Waals surface area contributed by atoms with E-state index in [1.807, 2.05) is 23.6 Å². The van der Waals surface area contributed by atoms with Crippen molar-refractivity contribution in [2.75, 3.05) is 0 Å². The minimum atomic E-state index is -0.250. The lowest BCUT2D eigenvalue weighted by molar-refractivity contribution is -0.122. The SMILES string of the molecule is CCc1cc2cc(Br)cn2c(C(C)=O)c1C.O=CO. The number of fused-ring (bicyclic) bond motifs is 1. The summed E-state index contributed by atoms with van der Waals surface area (Å²) in [6.07, 6.45) is 2.89. The van der Waals surface area contributed by atoms with Gasteiger partial charge in [0.2, 0.25) is 0 Å². The van der Waals surface area contributed by atoms with Crippen LogP contribution in [0, 0.1) is 6.92 Å². The first-order valence-corrected chi connectivity index (χ1v) is 6.64. The van der Waals surface area contributed by atoms with Crippen LogP contribution in [0.3, 0.4) is 0 Å². The molecule has 1 N–H and O–H groups in total. The van der Waals surface area contributed by atoms with Gasteiger partial charge in [-0.3, -0.25) is 9.59 Å². The van der Waals surface area contributed by atoms with Crippen molar-refractivity contribution >= 4 is 33.7 Å². The smallest absolute Gasteiger partial charge is 0.290 e. The molecule has 0 radical (unpaired) electrons. The Labute approximate surface area is 120 Å². The molecule has 2 aromatic rings. The van der Waals surface area contributed by atoms with Crippen LogP contribution in [0.1, 0.15) is 35.5 Å². The maximum absolute atomic E-state index is 11.7. The summed E-state index contributed by atoms with van der Waals surface area (Å²) in [5.74, 6) is 0.112. The van der Waals surface area contributed by atoms with Crippen LogP contribution in [0.4, 0.5) is 0 Å². The van der Waals surface area contributed by atoms with Crippen LogP contribution in [-0.2, 0) is 11.2 Å². The molecular formula is C14H16BrNO3. The second kappa shape index (κ2) is 6.52. The van der Waals surface area contributed by atoms with Gasteiger partial charge in [0, 0.05) is 23.1 Å². The molecule has 0 bridgehead atoms. The summed E-state index contributed by atoms with van der Waals surface area (Å²) in [6, 6.07) is 4.18. The Morgan fingerprint density at radius 3 is 2.53 bits per heavy atom. The molecule has 2 rings (SSSR count). The van der Waals surface area contributed by atoms with Crippen molar-refractivity contribution in [3.8, 4) is 0 Å². The molecule has 0 amide bonds. The fourth-order valence-corrected chi connectivity index (χ4v) is 2.61. The van der Waals surface area contributed by atoms with Gasteiger partial charge in [0.25, 0.3) is 6.47 Å². The molecule has 0 aromatic carbocycles. The lowest BCUT2D eigenvalue weighted by Gasteiger charge is -2.11. The zero-order chi connectivity index (χ0) is 14.6. The van der Waals surface area contributed by atoms with Gasteiger partial charge in [-0.15, -0.1) is 0 Å². The van der Waals surface area contributed by atoms with Crippen LogP contribution in [0.15, 0.2) is 22.8 Å². The molecule has 2 aromatic heterocycles. The van der Waals surface area contributed by atoms with E-state index in [4.69, 9.17) is 9.90 Å². The van der Waals surface area contributed by atoms with Gasteiger partial charge >= 0.3 is 0 Å². The molecule has 0 aliphatic rings. The Morgan fingerprint density at radius 1 is 1.47 bits per heavy atom. The summed E-state index contributed by atoms with van der Waals surface area (Å²) in [5, 5.41) is 6.89. The summed E-state index contributed by atoms with van der Waals surface area (Å²) in [4.78, 5) is 20.1. The van der Waals surface area contributed by atoms with Gasteiger partial charge in [-0.25, -0.2) is 0 Å². The Kier molecular flexibility index (Phi) is 5.30. The summed E-state index contributed by atoms with van der Waals surface area (Å²) >= 11 is 3.45. The molecule has 2 heterocycles. The molecule has 0 saturated carbocycles. The minimum Gasteiger partial charge on any atom is -0.483 e. The number of Topliss-reactive ketones (excluding diaryl/α,β-unsaturated/α-hetero) is 1. The van der Waals surface area contributed by atoms with Gasteiger partial charge in [-0.2, -0.15) is 0 Å². The first-order chi connectivity index (χ1) is 8.96. The monoisotopic (exact) mass is 325 g/mol. The van der Waals surface area contributed by atoms with Crippen molar-refractivity contribution < 1.29 is 14.7 Å². The molecule has 0 unspecified atom stereocenters. The highest BCUT2D eigenvalue weighted by atomic mass is 79.9. The van der Waals surface area contributed by atoms with E-state index in [0.29, 0.717) is 0 Å². The third-order valence-electron chi connectivity index (χ3n) is 2.93. The molecule has 102 valence electrons. The Balaban J connectivity index is 0.000000550. The number of nitrogens with zero attached hydrogens (tertiary/aromatic N) is 1. The number of aromatic nitrogens is 1. The fourth-order valence-electron chi connectivity index (χ4n) is 2.17. The number of carbonyl (C=O) groups excluding carboxylic acids is 1. The van der Waals surface area contributed by atoms with E-state index in [0.717, 1.165) is 27.7 Å². The molecule has 0 aliphatic heterocycles. The van der Waals surface area contributed by atoms with Gasteiger partial charge in [-0.1, -0.05) is 6.92 Å². The quantitative estimate of drug-likeness (QED) is 0.679. The maximum atomic E-state index is 11.7. The average Bonchev–Trinajstić information content (AvgIpc) is 2.68. The van der Waals surface area contributed by atoms with E-state index in [9.17, 15) is 4.79 Å². The van der Waals surface area contributed by atoms with Crippen molar-refractivity contribution in [1.29, 1.82) is 0 Å². The molecule has 5 heteroatoms. The largest absolute Gasteiger partial charge is 0.483 e. The van der Waals surface area contributed by atoms with E-state index >= 15 is 0 Å². The minimum absolute atomic E-state index is 0.112. The van der Waals surface area contributed by atoms with E-state index in [-0.39, 0.29) is 12.3 Å². The van der Waals surface area contributed by atoms with Crippen LogP contribution < -0.4 is 0 Å². The maximum Gasteiger partial charge on any atom is 0.290 e. The summed E-state index contributed by atoms with van der Waals surface area (Å²) < 4.78 is 2.96. The molecule has 0 spiro atoms. The van der Waals surface area contributed by atoms with Crippen LogP contribution in [0.5, 0.6) is 0 Å². The standard InChI is InChI=1S/C13H14BrNO.CH2O2/c1-4-10-5-12-6-11(14)7-15(12)13(8(10)2)9(3)16;2-1-3/h5-7H,4H2,1-3H3;1H,(H,2,3). The molecule has 4 nitrogen and oxygen atoms in total. The van der Waals surface area contributed by atoms with Gasteiger partial charge < -0.3 is 9.51 Å².